The third-order valence-corrected chi connectivity index (χ3v) is 8.08. The van der Waals surface area contributed by atoms with E-state index in [1.54, 1.807) is 6.07 Å². The van der Waals surface area contributed by atoms with E-state index >= 15 is 0 Å². The Morgan fingerprint density at radius 2 is 1.72 bits per heavy atom. The van der Waals surface area contributed by atoms with E-state index in [1.165, 1.54) is 6.07 Å². The first kappa shape index (κ1) is 24.0. The van der Waals surface area contributed by atoms with Gasteiger partial charge in [-0.3, -0.25) is 4.79 Å². The first-order valence-corrected chi connectivity index (χ1v) is 13.4. The molecule has 7 rings (SSSR count). The van der Waals surface area contributed by atoms with Gasteiger partial charge >= 0.3 is 6.18 Å². The number of benzene rings is 3. The number of H-pyrrole nitrogens is 1. The Morgan fingerprint density at radius 1 is 0.949 bits per heavy atom. The van der Waals surface area contributed by atoms with Crippen LogP contribution in [0.25, 0.3) is 44.5 Å². The Labute approximate surface area is 223 Å². The maximum absolute atomic E-state index is 13.9. The molecule has 0 unspecified atom stereocenters. The van der Waals surface area contributed by atoms with Crippen molar-refractivity contribution in [2.75, 3.05) is 13.1 Å². The molecule has 2 fully saturated rings. The number of hydrogen-bond donors (Lipinski definition) is 1. The fraction of sp³-hybridized carbons (Fsp3) is 0.290. The lowest BCUT2D eigenvalue weighted by Gasteiger charge is -2.18. The number of alkyl halides is 3. The van der Waals surface area contributed by atoms with Gasteiger partial charge in [0.25, 0.3) is 0 Å². The molecule has 5 aromatic rings. The number of para-hydroxylation sites is 1. The van der Waals surface area contributed by atoms with Crippen molar-refractivity contribution < 1.29 is 18.0 Å². The summed E-state index contributed by atoms with van der Waals surface area (Å²) in [7, 11) is 0. The summed E-state index contributed by atoms with van der Waals surface area (Å²) in [6, 6.07) is 20.3. The summed E-state index contributed by atoms with van der Waals surface area (Å²) >= 11 is 0. The van der Waals surface area contributed by atoms with Crippen LogP contribution in [-0.2, 0) is 17.5 Å². The highest BCUT2D eigenvalue weighted by Crippen LogP contribution is 2.38. The van der Waals surface area contributed by atoms with E-state index in [9.17, 15) is 18.0 Å². The second kappa shape index (κ2) is 9.00. The van der Waals surface area contributed by atoms with Crippen molar-refractivity contribution in [2.45, 2.75) is 32.0 Å². The number of imidazole rings is 1. The molecule has 5 nitrogen and oxygen atoms in total. The van der Waals surface area contributed by atoms with Crippen molar-refractivity contribution in [1.29, 1.82) is 0 Å². The van der Waals surface area contributed by atoms with Gasteiger partial charge in [-0.1, -0.05) is 36.4 Å². The fourth-order valence-corrected chi connectivity index (χ4v) is 5.85. The fourth-order valence-electron chi connectivity index (χ4n) is 5.85. The van der Waals surface area contributed by atoms with Crippen LogP contribution in [0.1, 0.15) is 24.8 Å². The average molecular weight is 529 g/mol. The van der Waals surface area contributed by atoms with Crippen LogP contribution >= 0.6 is 0 Å². The highest BCUT2D eigenvalue weighted by Gasteiger charge is 2.38. The van der Waals surface area contributed by atoms with Crippen LogP contribution in [0.4, 0.5) is 13.2 Å². The maximum atomic E-state index is 13.9. The van der Waals surface area contributed by atoms with Crippen molar-refractivity contribution in [2.24, 2.45) is 11.8 Å². The van der Waals surface area contributed by atoms with Gasteiger partial charge in [0.05, 0.1) is 11.1 Å². The molecule has 3 aromatic carbocycles. The van der Waals surface area contributed by atoms with Crippen molar-refractivity contribution in [3.05, 3.63) is 78.5 Å². The van der Waals surface area contributed by atoms with Crippen LogP contribution in [0.15, 0.2) is 72.9 Å². The molecule has 1 N–H and O–H groups in total. The number of hydrogen-bond acceptors (Lipinski definition) is 2. The zero-order valence-electron chi connectivity index (χ0n) is 21.2. The number of nitrogens with one attached hydrogen (secondary N) is 1. The zero-order chi connectivity index (χ0) is 26.7. The van der Waals surface area contributed by atoms with Gasteiger partial charge < -0.3 is 14.5 Å². The van der Waals surface area contributed by atoms with E-state index in [4.69, 9.17) is 0 Å². The van der Waals surface area contributed by atoms with E-state index in [2.05, 4.69) is 16.0 Å². The maximum Gasteiger partial charge on any atom is 0.418 e. The summed E-state index contributed by atoms with van der Waals surface area (Å²) in [5.74, 6) is 1.06. The van der Waals surface area contributed by atoms with Gasteiger partial charge in [0.1, 0.15) is 11.3 Å². The van der Waals surface area contributed by atoms with E-state index in [0.29, 0.717) is 31.0 Å². The second-order valence-corrected chi connectivity index (χ2v) is 10.8. The molecule has 3 heterocycles. The van der Waals surface area contributed by atoms with Crippen LogP contribution < -0.4 is 0 Å². The Kier molecular flexibility index (Phi) is 5.54. The van der Waals surface area contributed by atoms with Crippen molar-refractivity contribution in [3.63, 3.8) is 0 Å². The average Bonchev–Trinajstić information content (AvgIpc) is 3.32. The first-order chi connectivity index (χ1) is 18.8. The van der Waals surface area contributed by atoms with E-state index in [1.807, 2.05) is 58.1 Å². The lowest BCUT2D eigenvalue weighted by atomic mass is 10.0. The van der Waals surface area contributed by atoms with Crippen molar-refractivity contribution in [1.82, 2.24) is 19.4 Å². The lowest BCUT2D eigenvalue weighted by molar-refractivity contribution is -0.136. The van der Waals surface area contributed by atoms with E-state index in [-0.39, 0.29) is 23.3 Å². The molecular formula is C31H27F3N4O. The van der Waals surface area contributed by atoms with E-state index < -0.39 is 11.7 Å². The number of aromatic nitrogens is 3. The minimum absolute atomic E-state index is 0.0362. The molecule has 2 aromatic heterocycles. The van der Waals surface area contributed by atoms with Crippen LogP contribution in [-0.4, -0.2) is 38.4 Å². The number of rotatable bonds is 5. The Hall–Kier alpha value is -4.07. The predicted octanol–water partition coefficient (Wildman–Crippen LogP) is 7.13. The van der Waals surface area contributed by atoms with Crippen LogP contribution in [0.3, 0.4) is 0 Å². The normalized spacial score (nSPS) is 17.9. The number of halogens is 3. The number of nitrogens with zero attached hydrogens (tertiary/aromatic N) is 3. The molecule has 0 spiro atoms. The largest absolute Gasteiger partial charge is 0.418 e. The monoisotopic (exact) mass is 528 g/mol. The molecule has 1 saturated heterocycles. The van der Waals surface area contributed by atoms with Gasteiger partial charge in [0.2, 0.25) is 5.91 Å². The number of fused-ring (bicyclic) bond motifs is 2. The van der Waals surface area contributed by atoms with Gasteiger partial charge in [-0.25, -0.2) is 4.98 Å². The molecule has 1 saturated carbocycles. The van der Waals surface area contributed by atoms with Crippen LogP contribution in [0.2, 0.25) is 0 Å². The molecule has 198 valence electrons. The second-order valence-electron chi connectivity index (χ2n) is 10.8. The molecule has 1 aliphatic carbocycles. The third kappa shape index (κ3) is 4.37. The molecule has 1 amide bonds. The van der Waals surface area contributed by atoms with Gasteiger partial charge in [0, 0.05) is 42.8 Å². The summed E-state index contributed by atoms with van der Waals surface area (Å²) < 4.78 is 43.7. The van der Waals surface area contributed by atoms with E-state index in [0.717, 1.165) is 52.9 Å². The smallest absolute Gasteiger partial charge is 0.361 e. The molecule has 0 bridgehead atoms. The number of carbonyl (C=O) groups excluding carboxylic acids is 1. The Morgan fingerprint density at radius 3 is 2.49 bits per heavy atom. The molecular weight excluding hydrogens is 501 g/mol. The first-order valence-electron chi connectivity index (χ1n) is 13.4. The number of amides is 1. The Balaban J connectivity index is 1.26. The number of aromatic amines is 1. The molecule has 0 radical (unpaired) electrons. The number of likely N-dealkylation sites (tertiary alicyclic amines) is 1. The SMILES string of the molecule is O=C(C1CC1)N1CC[C@H](Cn2c(-c3ccc(-c4ccc5[nH]ccc5c4)cc3)nc3c(C(F)(F)F)cccc32)C1. The highest BCUT2D eigenvalue weighted by atomic mass is 19.4. The molecule has 39 heavy (non-hydrogen) atoms. The van der Waals surface area contributed by atoms with Gasteiger partial charge in [-0.2, -0.15) is 13.2 Å². The molecule has 1 atom stereocenters. The van der Waals surface area contributed by atoms with Crippen molar-refractivity contribution >= 4 is 27.8 Å². The van der Waals surface area contributed by atoms with Gasteiger partial charge in [0.15, 0.2) is 0 Å². The number of carbonyl (C=O) groups is 1. The molecule has 2 aliphatic rings. The van der Waals surface area contributed by atoms with Crippen molar-refractivity contribution in [3.8, 4) is 22.5 Å². The molecule has 8 heteroatoms. The third-order valence-electron chi connectivity index (χ3n) is 8.08. The quantitative estimate of drug-likeness (QED) is 0.264. The summed E-state index contributed by atoms with van der Waals surface area (Å²) in [4.78, 5) is 22.3. The summed E-state index contributed by atoms with van der Waals surface area (Å²) in [6.45, 7) is 1.84. The lowest BCUT2D eigenvalue weighted by Crippen LogP contribution is -2.30. The highest BCUT2D eigenvalue weighted by molar-refractivity contribution is 5.87. The van der Waals surface area contributed by atoms with Crippen LogP contribution in [0, 0.1) is 11.8 Å². The zero-order valence-corrected chi connectivity index (χ0v) is 21.2. The predicted molar refractivity (Wildman–Crippen MR) is 145 cm³/mol. The standard InChI is InChI=1S/C31H27F3N4O/c32-31(33,34)25-2-1-3-27-28(25)36-29(38(27)18-19-13-15-37(17-19)30(39)22-8-9-22)21-6-4-20(5-7-21)23-10-11-26-24(16-23)12-14-35-26/h1-7,10-12,14,16,19,22,35H,8-9,13,15,17-18H2/t19-/m0/s1. The summed E-state index contributed by atoms with van der Waals surface area (Å²) in [5.41, 5.74) is 3.61. The van der Waals surface area contributed by atoms with Gasteiger partial charge in [-0.15, -0.1) is 0 Å². The van der Waals surface area contributed by atoms with Crippen LogP contribution in [0.5, 0.6) is 0 Å². The Bertz CT molecular complexity index is 1690. The minimum Gasteiger partial charge on any atom is -0.361 e. The summed E-state index contributed by atoms with van der Waals surface area (Å²) in [6.07, 6.45) is 0.161. The van der Waals surface area contributed by atoms with Gasteiger partial charge in [-0.05, 0) is 72.0 Å². The molecule has 1 aliphatic heterocycles. The minimum atomic E-state index is -4.50. The topological polar surface area (TPSA) is 53.9 Å². The summed E-state index contributed by atoms with van der Waals surface area (Å²) in [5, 5.41) is 1.11.